The van der Waals surface area contributed by atoms with Crippen LogP contribution in [0.4, 0.5) is 4.39 Å². The van der Waals surface area contributed by atoms with Crippen LogP contribution in [0.1, 0.15) is 51.7 Å². The fraction of sp³-hybridized carbons (Fsp3) is 0.619. The zero-order chi connectivity index (χ0) is 19.9. The maximum Gasteiger partial charge on any atom is 0.191 e. The highest BCUT2D eigenvalue weighted by molar-refractivity contribution is 14.0. The first-order valence-electron chi connectivity index (χ1n) is 9.67. The number of halogens is 2. The quantitative estimate of drug-likeness (QED) is 0.360. The molecular weight excluding hydrogens is 470 g/mol. The summed E-state index contributed by atoms with van der Waals surface area (Å²) in [6.07, 6.45) is 2.39. The summed E-state index contributed by atoms with van der Waals surface area (Å²) >= 11 is 0. The summed E-state index contributed by atoms with van der Waals surface area (Å²) in [6, 6.07) is 6.37. The number of nitrogens with one attached hydrogen (secondary N) is 2. The lowest BCUT2D eigenvalue weighted by Gasteiger charge is -2.40. The Morgan fingerprint density at radius 3 is 2.75 bits per heavy atom. The molecule has 1 aromatic rings. The van der Waals surface area contributed by atoms with Gasteiger partial charge in [0.2, 0.25) is 0 Å². The van der Waals surface area contributed by atoms with Crippen LogP contribution in [0, 0.1) is 28.5 Å². The van der Waals surface area contributed by atoms with Crippen molar-refractivity contribution in [1.29, 1.82) is 5.26 Å². The van der Waals surface area contributed by atoms with Crippen molar-refractivity contribution in [3.05, 3.63) is 35.1 Å². The number of rotatable bonds is 5. The molecule has 0 spiro atoms. The summed E-state index contributed by atoms with van der Waals surface area (Å²) in [5, 5.41) is 15.6. The topological polar surface area (TPSA) is 69.4 Å². The van der Waals surface area contributed by atoms with E-state index in [-0.39, 0.29) is 47.9 Å². The Kier molecular flexibility index (Phi) is 10.2. The molecule has 0 saturated carbocycles. The van der Waals surface area contributed by atoms with E-state index in [0.717, 1.165) is 32.5 Å². The number of benzene rings is 1. The van der Waals surface area contributed by atoms with Gasteiger partial charge in [0.25, 0.3) is 0 Å². The van der Waals surface area contributed by atoms with Gasteiger partial charge in [-0.05, 0) is 43.4 Å². The number of nitrogens with zero attached hydrogens (tertiary/aromatic N) is 2. The van der Waals surface area contributed by atoms with E-state index in [4.69, 9.17) is 10.00 Å². The molecule has 1 aliphatic rings. The molecule has 28 heavy (non-hydrogen) atoms. The van der Waals surface area contributed by atoms with Gasteiger partial charge < -0.3 is 15.4 Å². The molecule has 1 heterocycles. The standard InChI is InChI=1S/C21H31FN4O.HI/c1-5-24-20(26-14-17-11-15(12-23)8-9-18(17)22)25-13-16-7-6-10-27-19(16)21(2,3)4;/h8-9,11,16,19H,5-7,10,13-14H2,1-4H3,(H2,24,25,26);1H. The lowest BCUT2D eigenvalue weighted by Crippen LogP contribution is -2.47. The third-order valence-corrected chi connectivity index (χ3v) is 4.76. The molecule has 156 valence electrons. The fourth-order valence-corrected chi connectivity index (χ4v) is 3.51. The lowest BCUT2D eigenvalue weighted by atomic mass is 9.78. The smallest absolute Gasteiger partial charge is 0.191 e. The Morgan fingerprint density at radius 1 is 1.36 bits per heavy atom. The molecular formula is C21H32FIN4O. The van der Waals surface area contributed by atoms with Gasteiger partial charge in [-0.1, -0.05) is 20.8 Å². The van der Waals surface area contributed by atoms with Crippen LogP contribution in [0.2, 0.25) is 0 Å². The van der Waals surface area contributed by atoms with Crippen LogP contribution in [0.15, 0.2) is 23.2 Å². The second kappa shape index (κ2) is 11.6. The highest BCUT2D eigenvalue weighted by Crippen LogP contribution is 2.33. The largest absolute Gasteiger partial charge is 0.377 e. The van der Waals surface area contributed by atoms with E-state index in [1.807, 2.05) is 13.0 Å². The zero-order valence-corrected chi connectivity index (χ0v) is 19.5. The van der Waals surface area contributed by atoms with Crippen molar-refractivity contribution in [1.82, 2.24) is 10.6 Å². The predicted octanol–water partition coefficient (Wildman–Crippen LogP) is 4.21. The molecule has 0 amide bonds. The number of hydrogen-bond acceptors (Lipinski definition) is 3. The van der Waals surface area contributed by atoms with Gasteiger partial charge in [0.15, 0.2) is 5.96 Å². The van der Waals surface area contributed by atoms with Gasteiger partial charge in [0, 0.05) is 31.2 Å². The van der Waals surface area contributed by atoms with Crippen LogP contribution >= 0.6 is 24.0 Å². The maximum absolute atomic E-state index is 14.0. The van der Waals surface area contributed by atoms with Crippen molar-refractivity contribution in [3.8, 4) is 6.07 Å². The molecule has 2 atom stereocenters. The Bertz CT molecular complexity index is 697. The average molecular weight is 502 g/mol. The second-order valence-corrected chi connectivity index (χ2v) is 8.05. The van der Waals surface area contributed by atoms with Gasteiger partial charge in [-0.15, -0.1) is 24.0 Å². The summed E-state index contributed by atoms with van der Waals surface area (Å²) in [6.45, 7) is 11.1. The van der Waals surface area contributed by atoms with Crippen LogP contribution in [0.3, 0.4) is 0 Å². The highest BCUT2D eigenvalue weighted by Gasteiger charge is 2.35. The first kappa shape index (κ1) is 24.6. The van der Waals surface area contributed by atoms with Crippen LogP contribution in [-0.4, -0.2) is 31.8 Å². The molecule has 0 aromatic heterocycles. The van der Waals surface area contributed by atoms with Crippen LogP contribution in [0.5, 0.6) is 0 Å². The van der Waals surface area contributed by atoms with E-state index in [2.05, 4.69) is 36.4 Å². The minimum Gasteiger partial charge on any atom is -0.377 e. The summed E-state index contributed by atoms with van der Waals surface area (Å²) in [5.41, 5.74) is 0.940. The second-order valence-electron chi connectivity index (χ2n) is 8.05. The van der Waals surface area contributed by atoms with Crippen molar-refractivity contribution in [2.45, 2.75) is 53.2 Å². The zero-order valence-electron chi connectivity index (χ0n) is 17.2. The molecule has 1 aliphatic heterocycles. The highest BCUT2D eigenvalue weighted by atomic mass is 127. The molecule has 2 unspecified atom stereocenters. The van der Waals surface area contributed by atoms with Gasteiger partial charge in [0.1, 0.15) is 5.82 Å². The van der Waals surface area contributed by atoms with E-state index < -0.39 is 0 Å². The molecule has 1 aromatic carbocycles. The van der Waals surface area contributed by atoms with E-state index >= 15 is 0 Å². The van der Waals surface area contributed by atoms with E-state index in [9.17, 15) is 4.39 Å². The molecule has 0 bridgehead atoms. The molecule has 0 radical (unpaired) electrons. The number of guanidine groups is 1. The summed E-state index contributed by atoms with van der Waals surface area (Å²) in [7, 11) is 0. The van der Waals surface area contributed by atoms with Gasteiger partial charge in [0.05, 0.1) is 24.3 Å². The Balaban J connectivity index is 0.00000392. The Labute approximate surface area is 185 Å². The molecule has 7 heteroatoms. The van der Waals surface area contributed by atoms with E-state index in [1.54, 1.807) is 6.07 Å². The van der Waals surface area contributed by atoms with Gasteiger partial charge >= 0.3 is 0 Å². The van der Waals surface area contributed by atoms with Crippen molar-refractivity contribution in [3.63, 3.8) is 0 Å². The number of aliphatic imine (C=N–C) groups is 1. The van der Waals surface area contributed by atoms with Crippen molar-refractivity contribution < 1.29 is 9.13 Å². The molecule has 5 nitrogen and oxygen atoms in total. The summed E-state index contributed by atoms with van der Waals surface area (Å²) < 4.78 is 20.0. The molecule has 1 saturated heterocycles. The van der Waals surface area contributed by atoms with E-state index in [0.29, 0.717) is 23.0 Å². The molecule has 2 N–H and O–H groups in total. The SMILES string of the molecule is CCNC(=NCc1cc(C#N)ccc1F)NCC1CCCOC1C(C)(C)C.I. The fourth-order valence-electron chi connectivity index (χ4n) is 3.51. The Morgan fingerprint density at radius 2 is 2.11 bits per heavy atom. The minimum atomic E-state index is -0.345. The van der Waals surface area contributed by atoms with Crippen molar-refractivity contribution in [2.24, 2.45) is 16.3 Å². The third-order valence-electron chi connectivity index (χ3n) is 4.76. The monoisotopic (exact) mass is 502 g/mol. The van der Waals surface area contributed by atoms with Crippen LogP contribution < -0.4 is 10.6 Å². The summed E-state index contributed by atoms with van der Waals surface area (Å²) in [5.74, 6) is 0.709. The molecule has 0 aliphatic carbocycles. The number of ether oxygens (including phenoxy) is 1. The van der Waals surface area contributed by atoms with Gasteiger partial charge in [-0.25, -0.2) is 9.38 Å². The lowest BCUT2D eigenvalue weighted by molar-refractivity contribution is -0.0835. The molecule has 2 rings (SSSR count). The predicted molar refractivity (Wildman–Crippen MR) is 121 cm³/mol. The van der Waals surface area contributed by atoms with Crippen molar-refractivity contribution in [2.75, 3.05) is 19.7 Å². The Hall–Kier alpha value is -1.40. The van der Waals surface area contributed by atoms with Crippen LogP contribution in [-0.2, 0) is 11.3 Å². The average Bonchev–Trinajstić information content (AvgIpc) is 2.64. The minimum absolute atomic E-state index is 0. The number of nitriles is 1. The third kappa shape index (κ3) is 7.21. The first-order chi connectivity index (χ1) is 12.8. The van der Waals surface area contributed by atoms with Gasteiger partial charge in [-0.3, -0.25) is 0 Å². The maximum atomic E-state index is 14.0. The first-order valence-corrected chi connectivity index (χ1v) is 9.67. The van der Waals surface area contributed by atoms with Crippen LogP contribution in [0.25, 0.3) is 0 Å². The van der Waals surface area contributed by atoms with Gasteiger partial charge in [-0.2, -0.15) is 5.26 Å². The van der Waals surface area contributed by atoms with Crippen molar-refractivity contribution >= 4 is 29.9 Å². The normalized spacial score (nSPS) is 20.1. The van der Waals surface area contributed by atoms with E-state index in [1.165, 1.54) is 12.1 Å². The number of hydrogen-bond donors (Lipinski definition) is 2. The summed E-state index contributed by atoms with van der Waals surface area (Å²) in [4.78, 5) is 4.50. The molecule has 1 fully saturated rings.